The van der Waals surface area contributed by atoms with Gasteiger partial charge in [0.25, 0.3) is 0 Å². The minimum absolute atomic E-state index is 0.158. The summed E-state index contributed by atoms with van der Waals surface area (Å²) in [4.78, 5) is 12.4. The summed E-state index contributed by atoms with van der Waals surface area (Å²) in [6.45, 7) is 2.95. The minimum Gasteiger partial charge on any atom is -0.384 e. The first-order valence-corrected chi connectivity index (χ1v) is 8.64. The summed E-state index contributed by atoms with van der Waals surface area (Å²) in [7, 11) is 1.67. The number of nitrogens with one attached hydrogen (secondary N) is 2. The number of thioether (sulfide) groups is 2. The van der Waals surface area contributed by atoms with E-state index in [1.54, 1.807) is 7.11 Å². The van der Waals surface area contributed by atoms with E-state index in [2.05, 4.69) is 10.6 Å². The van der Waals surface area contributed by atoms with Gasteiger partial charge in [0.1, 0.15) is 0 Å². The molecule has 0 saturated carbocycles. The van der Waals surface area contributed by atoms with Gasteiger partial charge < -0.3 is 15.4 Å². The van der Waals surface area contributed by atoms with Gasteiger partial charge in [-0.05, 0) is 13.0 Å². The van der Waals surface area contributed by atoms with Crippen LogP contribution >= 0.6 is 23.5 Å². The molecule has 2 aliphatic heterocycles. The molecule has 0 spiro atoms. The summed E-state index contributed by atoms with van der Waals surface area (Å²) < 4.78 is 5.23. The molecule has 0 aromatic heterocycles. The van der Waals surface area contributed by atoms with Crippen molar-refractivity contribution in [3.63, 3.8) is 0 Å². The van der Waals surface area contributed by atoms with E-state index >= 15 is 0 Å². The monoisotopic (exact) mass is 290 g/mol. The zero-order valence-electron chi connectivity index (χ0n) is 10.9. The van der Waals surface area contributed by atoms with E-state index in [4.69, 9.17) is 4.74 Å². The second-order valence-electron chi connectivity index (χ2n) is 4.92. The number of methoxy groups -OCH3 is 1. The molecule has 0 aromatic carbocycles. The second-order valence-corrected chi connectivity index (χ2v) is 7.48. The number of carbonyl (C=O) groups is 1. The molecule has 18 heavy (non-hydrogen) atoms. The average molecular weight is 290 g/mol. The van der Waals surface area contributed by atoms with Gasteiger partial charge >= 0.3 is 0 Å². The van der Waals surface area contributed by atoms with Crippen LogP contribution < -0.4 is 10.6 Å². The lowest BCUT2D eigenvalue weighted by molar-refractivity contribution is -0.132. The molecule has 2 unspecified atom stereocenters. The van der Waals surface area contributed by atoms with Gasteiger partial charge in [-0.1, -0.05) is 0 Å². The highest BCUT2D eigenvalue weighted by atomic mass is 32.2. The summed E-state index contributed by atoms with van der Waals surface area (Å²) in [5, 5.41) is 6.96. The normalized spacial score (nSPS) is 32.4. The Labute approximate surface area is 117 Å². The van der Waals surface area contributed by atoms with Gasteiger partial charge in [-0.15, -0.1) is 0 Å². The number of hydrogen-bond donors (Lipinski definition) is 2. The molecular formula is C12H22N2O2S2. The molecule has 2 atom stereocenters. The summed E-state index contributed by atoms with van der Waals surface area (Å²) in [6.07, 6.45) is 0.874. The number of ether oxygens (including phenoxy) is 1. The molecule has 0 aromatic rings. The first kappa shape index (κ1) is 14.5. The second kappa shape index (κ2) is 7.03. The molecule has 0 radical (unpaired) electrons. The fourth-order valence-corrected chi connectivity index (χ4v) is 5.06. The Bertz CT molecular complexity index is 277. The quantitative estimate of drug-likeness (QED) is 0.776. The van der Waals surface area contributed by atoms with Crippen molar-refractivity contribution in [3.05, 3.63) is 0 Å². The standard InChI is InChI=1S/C12H22N2O2S2/c1-16-9-12(2-3-13-8-12)11(15)14-6-10-7-17-4-5-18-10/h10,13H,2-9H2,1H3,(H,14,15). The van der Waals surface area contributed by atoms with Crippen LogP contribution in [0.5, 0.6) is 0 Å². The van der Waals surface area contributed by atoms with Crippen LogP contribution in [0.15, 0.2) is 0 Å². The molecule has 2 rings (SSSR count). The van der Waals surface area contributed by atoms with Gasteiger partial charge in [0, 0.05) is 42.7 Å². The Morgan fingerprint density at radius 1 is 1.56 bits per heavy atom. The van der Waals surface area contributed by atoms with Crippen LogP contribution in [-0.2, 0) is 9.53 Å². The molecular weight excluding hydrogens is 268 g/mol. The third-order valence-electron chi connectivity index (χ3n) is 3.52. The largest absolute Gasteiger partial charge is 0.384 e. The third kappa shape index (κ3) is 3.56. The van der Waals surface area contributed by atoms with E-state index < -0.39 is 0 Å². The molecule has 0 aliphatic carbocycles. The zero-order chi connectivity index (χ0) is 12.8. The number of rotatable bonds is 5. The van der Waals surface area contributed by atoms with Crippen molar-refractivity contribution in [1.82, 2.24) is 10.6 Å². The molecule has 6 heteroatoms. The van der Waals surface area contributed by atoms with Crippen molar-refractivity contribution < 1.29 is 9.53 Å². The minimum atomic E-state index is -0.346. The zero-order valence-corrected chi connectivity index (χ0v) is 12.5. The lowest BCUT2D eigenvalue weighted by atomic mass is 9.87. The topological polar surface area (TPSA) is 50.4 Å². The van der Waals surface area contributed by atoms with Crippen LogP contribution in [0.25, 0.3) is 0 Å². The summed E-state index contributed by atoms with van der Waals surface area (Å²) in [5.74, 6) is 3.76. The van der Waals surface area contributed by atoms with Gasteiger partial charge in [0.2, 0.25) is 5.91 Å². The first-order chi connectivity index (χ1) is 8.77. The third-order valence-corrected chi connectivity index (χ3v) is 6.37. The Balaban J connectivity index is 1.81. The highest BCUT2D eigenvalue weighted by Gasteiger charge is 2.41. The fraction of sp³-hybridized carbons (Fsp3) is 0.917. The van der Waals surface area contributed by atoms with Crippen LogP contribution in [0, 0.1) is 5.41 Å². The molecule has 2 heterocycles. The number of amides is 1. The smallest absolute Gasteiger partial charge is 0.229 e. The lowest BCUT2D eigenvalue weighted by Gasteiger charge is -2.28. The predicted molar refractivity (Wildman–Crippen MR) is 78.4 cm³/mol. The maximum absolute atomic E-state index is 12.4. The van der Waals surface area contributed by atoms with Crippen LogP contribution in [0.3, 0.4) is 0 Å². The molecule has 2 fully saturated rings. The molecule has 2 saturated heterocycles. The van der Waals surface area contributed by atoms with Crippen LogP contribution in [-0.4, -0.2) is 61.8 Å². The van der Waals surface area contributed by atoms with E-state index in [0.717, 1.165) is 31.8 Å². The Kier molecular flexibility index (Phi) is 5.66. The van der Waals surface area contributed by atoms with Crippen molar-refractivity contribution >= 4 is 29.4 Å². The molecule has 1 amide bonds. The summed E-state index contributed by atoms with van der Waals surface area (Å²) >= 11 is 3.96. The van der Waals surface area contributed by atoms with E-state index in [1.807, 2.05) is 23.5 Å². The molecule has 104 valence electrons. The van der Waals surface area contributed by atoms with Crippen molar-refractivity contribution in [2.75, 3.05) is 50.6 Å². The lowest BCUT2D eigenvalue weighted by Crippen LogP contribution is -2.47. The van der Waals surface area contributed by atoms with E-state index in [9.17, 15) is 4.79 Å². The fourth-order valence-electron chi connectivity index (χ4n) is 2.45. The van der Waals surface area contributed by atoms with Gasteiger partial charge in [-0.2, -0.15) is 23.5 Å². The summed E-state index contributed by atoms with van der Waals surface area (Å²) in [5.41, 5.74) is -0.346. The van der Waals surface area contributed by atoms with Crippen molar-refractivity contribution in [2.24, 2.45) is 5.41 Å². The van der Waals surface area contributed by atoms with E-state index in [1.165, 1.54) is 11.5 Å². The maximum atomic E-state index is 12.4. The van der Waals surface area contributed by atoms with Gasteiger partial charge in [0.05, 0.1) is 12.0 Å². The summed E-state index contributed by atoms with van der Waals surface area (Å²) in [6, 6.07) is 0. The molecule has 0 bridgehead atoms. The Morgan fingerprint density at radius 3 is 3.06 bits per heavy atom. The number of carbonyl (C=O) groups excluding carboxylic acids is 1. The van der Waals surface area contributed by atoms with Crippen LogP contribution in [0.4, 0.5) is 0 Å². The Morgan fingerprint density at radius 2 is 2.44 bits per heavy atom. The SMILES string of the molecule is COCC1(C(=O)NCC2CSCCS2)CCNC1. The predicted octanol–water partition coefficient (Wildman–Crippen LogP) is 0.577. The van der Waals surface area contributed by atoms with Crippen molar-refractivity contribution in [2.45, 2.75) is 11.7 Å². The highest BCUT2D eigenvalue weighted by molar-refractivity contribution is 8.06. The average Bonchev–Trinajstić information content (AvgIpc) is 2.87. The molecule has 2 N–H and O–H groups in total. The molecule has 2 aliphatic rings. The highest BCUT2D eigenvalue weighted by Crippen LogP contribution is 2.27. The van der Waals surface area contributed by atoms with Crippen LogP contribution in [0.1, 0.15) is 6.42 Å². The molecule has 4 nitrogen and oxygen atoms in total. The maximum Gasteiger partial charge on any atom is 0.229 e. The van der Waals surface area contributed by atoms with E-state index in [0.29, 0.717) is 11.9 Å². The van der Waals surface area contributed by atoms with Gasteiger partial charge in [-0.25, -0.2) is 0 Å². The number of hydrogen-bond acceptors (Lipinski definition) is 5. The first-order valence-electron chi connectivity index (χ1n) is 6.44. The van der Waals surface area contributed by atoms with Crippen molar-refractivity contribution in [1.29, 1.82) is 0 Å². The van der Waals surface area contributed by atoms with Gasteiger partial charge in [-0.3, -0.25) is 4.79 Å². The van der Waals surface area contributed by atoms with Gasteiger partial charge in [0.15, 0.2) is 0 Å². The van der Waals surface area contributed by atoms with Crippen LogP contribution in [0.2, 0.25) is 0 Å². The van der Waals surface area contributed by atoms with E-state index in [-0.39, 0.29) is 11.3 Å². The Hall–Kier alpha value is 0.0900. The van der Waals surface area contributed by atoms with Crippen molar-refractivity contribution in [3.8, 4) is 0 Å².